The normalized spacial score (nSPS) is 15.2. The summed E-state index contributed by atoms with van der Waals surface area (Å²) in [6.07, 6.45) is 3.53. The van der Waals surface area contributed by atoms with Gasteiger partial charge in [0.1, 0.15) is 6.04 Å². The summed E-state index contributed by atoms with van der Waals surface area (Å²) in [6.45, 7) is 7.60. The number of amides is 1. The van der Waals surface area contributed by atoms with Crippen molar-refractivity contribution in [3.05, 3.63) is 53.6 Å². The number of hydrogen-bond donors (Lipinski definition) is 1. The molecule has 7 heteroatoms. The van der Waals surface area contributed by atoms with Gasteiger partial charge in [-0.2, -0.15) is 0 Å². The molecule has 0 saturated carbocycles. The van der Waals surface area contributed by atoms with E-state index in [0.717, 1.165) is 36.2 Å². The maximum atomic E-state index is 12.8. The molecule has 1 aliphatic heterocycles. The van der Waals surface area contributed by atoms with E-state index in [2.05, 4.69) is 10.2 Å². The fraction of sp³-hybridized carbons (Fsp3) is 0.409. The first-order valence-corrected chi connectivity index (χ1v) is 11.7. The SMILES string of the molecule is Cc1ccc(N([C@H](C)C(=O)Nc2ccc(N3CCCC3)cc2)S(C)(=O)=O)cc1C. The molecule has 1 atom stereocenters. The van der Waals surface area contributed by atoms with Gasteiger partial charge in [0.15, 0.2) is 0 Å². The van der Waals surface area contributed by atoms with Crippen molar-refractivity contribution in [3.8, 4) is 0 Å². The van der Waals surface area contributed by atoms with Crippen molar-refractivity contribution < 1.29 is 13.2 Å². The zero-order valence-electron chi connectivity index (χ0n) is 17.5. The summed E-state index contributed by atoms with van der Waals surface area (Å²) in [5.41, 5.74) is 4.32. The summed E-state index contributed by atoms with van der Waals surface area (Å²) in [4.78, 5) is 15.2. The van der Waals surface area contributed by atoms with E-state index in [4.69, 9.17) is 0 Å². The van der Waals surface area contributed by atoms with E-state index in [9.17, 15) is 13.2 Å². The monoisotopic (exact) mass is 415 g/mol. The lowest BCUT2D eigenvalue weighted by atomic mass is 10.1. The van der Waals surface area contributed by atoms with Gasteiger partial charge in [0.2, 0.25) is 15.9 Å². The number of anilines is 3. The number of benzene rings is 2. The van der Waals surface area contributed by atoms with Crippen molar-refractivity contribution >= 4 is 33.0 Å². The van der Waals surface area contributed by atoms with Gasteiger partial charge in [-0.15, -0.1) is 0 Å². The molecule has 2 aromatic carbocycles. The maximum Gasteiger partial charge on any atom is 0.247 e. The van der Waals surface area contributed by atoms with Crippen LogP contribution in [0.15, 0.2) is 42.5 Å². The number of rotatable bonds is 6. The van der Waals surface area contributed by atoms with Crippen molar-refractivity contribution in [3.63, 3.8) is 0 Å². The largest absolute Gasteiger partial charge is 0.372 e. The average Bonchev–Trinajstić information content (AvgIpc) is 3.19. The number of nitrogens with one attached hydrogen (secondary N) is 1. The lowest BCUT2D eigenvalue weighted by Gasteiger charge is -2.28. The van der Waals surface area contributed by atoms with Crippen molar-refractivity contribution in [1.29, 1.82) is 0 Å². The number of carbonyl (C=O) groups excluding carboxylic acids is 1. The van der Waals surface area contributed by atoms with Crippen LogP contribution in [0.1, 0.15) is 30.9 Å². The van der Waals surface area contributed by atoms with Crippen LogP contribution in [0, 0.1) is 13.8 Å². The molecule has 0 aromatic heterocycles. The van der Waals surface area contributed by atoms with Gasteiger partial charge in [-0.25, -0.2) is 8.42 Å². The molecule has 0 radical (unpaired) electrons. The zero-order chi connectivity index (χ0) is 21.2. The number of sulfonamides is 1. The van der Waals surface area contributed by atoms with Crippen molar-refractivity contribution in [2.24, 2.45) is 0 Å². The third-order valence-corrected chi connectivity index (χ3v) is 6.68. The van der Waals surface area contributed by atoms with Crippen LogP contribution in [0.4, 0.5) is 17.1 Å². The summed E-state index contributed by atoms with van der Waals surface area (Å²) >= 11 is 0. The molecule has 1 aliphatic rings. The van der Waals surface area contributed by atoms with Crippen LogP contribution in [-0.2, 0) is 14.8 Å². The van der Waals surface area contributed by atoms with E-state index in [-0.39, 0.29) is 5.91 Å². The predicted octanol–water partition coefficient (Wildman–Crippen LogP) is 3.70. The summed E-state index contributed by atoms with van der Waals surface area (Å²) in [5.74, 6) is -0.373. The first-order valence-electron chi connectivity index (χ1n) is 9.89. The first kappa shape index (κ1) is 21.2. The van der Waals surface area contributed by atoms with Crippen molar-refractivity contribution in [2.45, 2.75) is 39.7 Å². The van der Waals surface area contributed by atoms with E-state index in [0.29, 0.717) is 11.4 Å². The van der Waals surface area contributed by atoms with E-state index in [1.54, 1.807) is 19.1 Å². The van der Waals surface area contributed by atoms with Gasteiger partial charge >= 0.3 is 0 Å². The van der Waals surface area contributed by atoms with E-state index in [1.165, 1.54) is 17.1 Å². The molecule has 1 amide bonds. The minimum absolute atomic E-state index is 0.373. The van der Waals surface area contributed by atoms with Crippen LogP contribution >= 0.6 is 0 Å². The molecular formula is C22H29N3O3S. The van der Waals surface area contributed by atoms with Crippen LogP contribution in [-0.4, -0.2) is 39.7 Å². The van der Waals surface area contributed by atoms with Crippen LogP contribution in [0.2, 0.25) is 0 Å². The van der Waals surface area contributed by atoms with Gasteiger partial charge in [-0.3, -0.25) is 9.10 Å². The standard InChI is InChI=1S/C22H29N3O3S/c1-16-7-10-21(15-17(16)2)25(29(4,27)28)18(3)22(26)23-19-8-11-20(12-9-19)24-13-5-6-14-24/h7-12,15,18H,5-6,13-14H2,1-4H3,(H,23,26)/t18-/m1/s1. The number of nitrogens with zero attached hydrogens (tertiary/aromatic N) is 2. The Bertz CT molecular complexity index is 981. The van der Waals surface area contributed by atoms with E-state index >= 15 is 0 Å². The molecule has 156 valence electrons. The molecule has 0 spiro atoms. The molecule has 1 N–H and O–H groups in total. The molecule has 2 aromatic rings. The van der Waals surface area contributed by atoms with Crippen molar-refractivity contribution in [2.75, 3.05) is 33.9 Å². The Morgan fingerprint density at radius 1 is 1.03 bits per heavy atom. The molecule has 1 saturated heterocycles. The lowest BCUT2D eigenvalue weighted by Crippen LogP contribution is -2.45. The Morgan fingerprint density at radius 3 is 2.21 bits per heavy atom. The Labute approximate surface area is 173 Å². The topological polar surface area (TPSA) is 69.7 Å². The second-order valence-electron chi connectivity index (χ2n) is 7.73. The zero-order valence-corrected chi connectivity index (χ0v) is 18.3. The second kappa shape index (κ2) is 8.45. The summed E-state index contributed by atoms with van der Waals surface area (Å²) in [5, 5.41) is 2.84. The van der Waals surface area contributed by atoms with Gasteiger partial charge in [0, 0.05) is 24.5 Å². The summed E-state index contributed by atoms with van der Waals surface area (Å²) in [6, 6.07) is 12.2. The van der Waals surface area contributed by atoms with Gasteiger partial charge in [0.25, 0.3) is 0 Å². The van der Waals surface area contributed by atoms with Crippen LogP contribution in [0.5, 0.6) is 0 Å². The van der Waals surface area contributed by atoms with Crippen molar-refractivity contribution in [1.82, 2.24) is 0 Å². The van der Waals surface area contributed by atoms with Gasteiger partial charge in [0.05, 0.1) is 11.9 Å². The highest BCUT2D eigenvalue weighted by Gasteiger charge is 2.29. The molecule has 1 fully saturated rings. The van der Waals surface area contributed by atoms with Crippen LogP contribution in [0.25, 0.3) is 0 Å². The van der Waals surface area contributed by atoms with E-state index < -0.39 is 16.1 Å². The van der Waals surface area contributed by atoms with Crippen LogP contribution < -0.4 is 14.5 Å². The molecule has 0 bridgehead atoms. The van der Waals surface area contributed by atoms with Gasteiger partial charge < -0.3 is 10.2 Å². The number of aryl methyl sites for hydroxylation is 2. The minimum atomic E-state index is -3.64. The number of carbonyl (C=O) groups is 1. The fourth-order valence-electron chi connectivity index (χ4n) is 3.65. The van der Waals surface area contributed by atoms with E-state index in [1.807, 2.05) is 44.2 Å². The molecule has 6 nitrogen and oxygen atoms in total. The van der Waals surface area contributed by atoms with Gasteiger partial charge in [-0.05, 0) is 81.1 Å². The molecule has 0 aliphatic carbocycles. The summed E-state index contributed by atoms with van der Waals surface area (Å²) < 4.78 is 26.1. The highest BCUT2D eigenvalue weighted by Crippen LogP contribution is 2.25. The third-order valence-electron chi connectivity index (χ3n) is 5.44. The number of hydrogen-bond acceptors (Lipinski definition) is 4. The van der Waals surface area contributed by atoms with Crippen LogP contribution in [0.3, 0.4) is 0 Å². The molecular weight excluding hydrogens is 386 g/mol. The third kappa shape index (κ3) is 4.90. The quantitative estimate of drug-likeness (QED) is 0.781. The molecule has 0 unspecified atom stereocenters. The lowest BCUT2D eigenvalue weighted by molar-refractivity contribution is -0.116. The first-order chi connectivity index (χ1) is 13.7. The average molecular weight is 416 g/mol. The highest BCUT2D eigenvalue weighted by atomic mass is 32.2. The molecule has 3 rings (SSSR count). The minimum Gasteiger partial charge on any atom is -0.372 e. The predicted molar refractivity (Wildman–Crippen MR) is 119 cm³/mol. The molecule has 29 heavy (non-hydrogen) atoms. The second-order valence-corrected chi connectivity index (χ2v) is 9.59. The Morgan fingerprint density at radius 2 is 1.66 bits per heavy atom. The fourth-order valence-corrected chi connectivity index (χ4v) is 4.82. The Hall–Kier alpha value is -2.54. The smallest absolute Gasteiger partial charge is 0.247 e. The molecule has 1 heterocycles. The Balaban J connectivity index is 1.77. The Kier molecular flexibility index (Phi) is 6.17. The maximum absolute atomic E-state index is 12.8. The van der Waals surface area contributed by atoms with Gasteiger partial charge in [-0.1, -0.05) is 6.07 Å². The highest BCUT2D eigenvalue weighted by molar-refractivity contribution is 7.92. The summed E-state index contributed by atoms with van der Waals surface area (Å²) in [7, 11) is -3.64.